The Morgan fingerprint density at radius 1 is 1.09 bits per heavy atom. The second kappa shape index (κ2) is 14.6. The Balaban J connectivity index is -0.00000133. The molecule has 142 valence electrons. The minimum absolute atomic E-state index is 0. The molecule has 0 saturated carbocycles. The molecule has 0 aliphatic carbocycles. The molecule has 3 N–H and O–H groups in total. The molecule has 8 heteroatoms. The molecule has 1 saturated heterocycles. The van der Waals surface area contributed by atoms with Gasteiger partial charge in [-0.25, -0.2) is 0 Å². The lowest BCUT2D eigenvalue weighted by molar-refractivity contribution is -0.123. The summed E-state index contributed by atoms with van der Waals surface area (Å²) >= 11 is 0. The van der Waals surface area contributed by atoms with E-state index < -0.39 is 0 Å². The average molecular weight is 394 g/mol. The van der Waals surface area contributed by atoms with Crippen LogP contribution in [-0.2, 0) is 4.79 Å². The Bertz CT molecular complexity index is 302. The topological polar surface area (TPSA) is 61.6 Å². The van der Waals surface area contributed by atoms with Crippen molar-refractivity contribution in [2.24, 2.45) is 11.7 Å². The van der Waals surface area contributed by atoms with Gasteiger partial charge in [-0.05, 0) is 19.4 Å². The number of hydrogen-bond acceptors (Lipinski definition) is 4. The molecule has 1 aliphatic heterocycles. The number of carbonyl (C=O) groups is 1. The zero-order valence-corrected chi connectivity index (χ0v) is 17.2. The number of amides is 1. The monoisotopic (exact) mass is 392 g/mol. The van der Waals surface area contributed by atoms with Gasteiger partial charge in [0.15, 0.2) is 0 Å². The second-order valence-corrected chi connectivity index (χ2v) is 5.98. The van der Waals surface area contributed by atoms with Crippen LogP contribution in [0.2, 0.25) is 0 Å². The van der Waals surface area contributed by atoms with Crippen LogP contribution in [0.25, 0.3) is 0 Å². The lowest BCUT2D eigenvalue weighted by atomic mass is 9.99. The summed E-state index contributed by atoms with van der Waals surface area (Å²) in [5.74, 6) is 0.219. The van der Waals surface area contributed by atoms with Gasteiger partial charge in [-0.1, -0.05) is 27.2 Å². The van der Waals surface area contributed by atoms with Crippen LogP contribution in [-0.4, -0.2) is 67.1 Å². The van der Waals surface area contributed by atoms with Gasteiger partial charge in [0.2, 0.25) is 5.91 Å². The van der Waals surface area contributed by atoms with E-state index in [-0.39, 0.29) is 55.1 Å². The zero-order valence-electron chi connectivity index (χ0n) is 14.8. The van der Waals surface area contributed by atoms with Gasteiger partial charge in [0.1, 0.15) is 0 Å². The molecule has 0 aromatic heterocycles. The highest BCUT2D eigenvalue weighted by atomic mass is 35.5. The van der Waals surface area contributed by atoms with Crippen molar-refractivity contribution in [2.45, 2.75) is 46.2 Å². The fraction of sp³-hybridized carbons (Fsp3) is 0.933. The number of halogens is 3. The molecule has 23 heavy (non-hydrogen) atoms. The van der Waals surface area contributed by atoms with E-state index in [4.69, 9.17) is 5.73 Å². The van der Waals surface area contributed by atoms with Crippen molar-refractivity contribution in [3.8, 4) is 0 Å². The molecule has 1 heterocycles. The molecule has 1 rings (SSSR count). The lowest BCUT2D eigenvalue weighted by Gasteiger charge is -2.37. The maximum Gasteiger partial charge on any atom is 0.237 e. The fourth-order valence-corrected chi connectivity index (χ4v) is 2.53. The predicted molar refractivity (Wildman–Crippen MR) is 105 cm³/mol. The highest BCUT2D eigenvalue weighted by molar-refractivity contribution is 5.86. The summed E-state index contributed by atoms with van der Waals surface area (Å²) < 4.78 is 0. The minimum Gasteiger partial charge on any atom is -0.353 e. The van der Waals surface area contributed by atoms with Crippen LogP contribution in [0.5, 0.6) is 0 Å². The molecule has 0 radical (unpaired) electrons. The van der Waals surface area contributed by atoms with Gasteiger partial charge < -0.3 is 16.0 Å². The first-order valence-corrected chi connectivity index (χ1v) is 7.99. The lowest BCUT2D eigenvalue weighted by Crippen LogP contribution is -2.53. The van der Waals surface area contributed by atoms with E-state index >= 15 is 0 Å². The first kappa shape index (κ1) is 28.0. The van der Waals surface area contributed by atoms with Gasteiger partial charge in [-0.3, -0.25) is 9.69 Å². The molecule has 0 aromatic carbocycles. The summed E-state index contributed by atoms with van der Waals surface area (Å²) in [6.45, 7) is 14.7. The van der Waals surface area contributed by atoms with Gasteiger partial charge in [-0.15, -0.1) is 37.2 Å². The predicted octanol–water partition coefficient (Wildman–Crippen LogP) is 1.77. The van der Waals surface area contributed by atoms with Crippen LogP contribution >= 0.6 is 37.2 Å². The quantitative estimate of drug-likeness (QED) is 0.692. The van der Waals surface area contributed by atoms with Gasteiger partial charge >= 0.3 is 0 Å². The normalized spacial score (nSPS) is 19.3. The van der Waals surface area contributed by atoms with E-state index in [2.05, 4.69) is 35.9 Å². The standard InChI is InChI=1S/C15H32N4O.3ClH/c1-5-12(3)14(16)15(20)17-11-13(4)19-9-7-18(6-2)8-10-19;;;/h12-14H,5-11,16H2,1-4H3,(H,17,20);3*1H. The minimum atomic E-state index is -0.385. The summed E-state index contributed by atoms with van der Waals surface area (Å²) in [5.41, 5.74) is 5.94. The SMILES string of the molecule is CCC(C)C(N)C(=O)NCC(C)N1CCN(CC)CC1.Cl.Cl.Cl. The van der Waals surface area contributed by atoms with Crippen molar-refractivity contribution in [3.63, 3.8) is 0 Å². The molecule has 0 spiro atoms. The molecule has 3 atom stereocenters. The van der Waals surface area contributed by atoms with E-state index in [9.17, 15) is 4.79 Å². The molecular weight excluding hydrogens is 359 g/mol. The molecule has 3 unspecified atom stereocenters. The van der Waals surface area contributed by atoms with Crippen molar-refractivity contribution in [3.05, 3.63) is 0 Å². The maximum atomic E-state index is 12.0. The van der Waals surface area contributed by atoms with Gasteiger partial charge in [0.05, 0.1) is 6.04 Å². The molecule has 0 bridgehead atoms. The van der Waals surface area contributed by atoms with Crippen LogP contribution in [0, 0.1) is 5.92 Å². The number of nitrogens with one attached hydrogen (secondary N) is 1. The Hall–Kier alpha value is 0.220. The van der Waals surface area contributed by atoms with Crippen LogP contribution in [0.15, 0.2) is 0 Å². The van der Waals surface area contributed by atoms with Crippen molar-refractivity contribution in [1.29, 1.82) is 0 Å². The van der Waals surface area contributed by atoms with Crippen LogP contribution in [0.3, 0.4) is 0 Å². The van der Waals surface area contributed by atoms with Gasteiger partial charge in [0.25, 0.3) is 0 Å². The summed E-state index contributed by atoms with van der Waals surface area (Å²) in [7, 11) is 0. The van der Waals surface area contributed by atoms with Crippen LogP contribution < -0.4 is 11.1 Å². The fourth-order valence-electron chi connectivity index (χ4n) is 2.53. The number of nitrogens with zero attached hydrogens (tertiary/aromatic N) is 2. The Morgan fingerprint density at radius 3 is 2.04 bits per heavy atom. The maximum absolute atomic E-state index is 12.0. The highest BCUT2D eigenvalue weighted by Crippen LogP contribution is 2.07. The second-order valence-electron chi connectivity index (χ2n) is 5.98. The summed E-state index contributed by atoms with van der Waals surface area (Å²) in [4.78, 5) is 16.9. The van der Waals surface area contributed by atoms with E-state index in [1.165, 1.54) is 0 Å². The third kappa shape index (κ3) is 9.32. The smallest absolute Gasteiger partial charge is 0.237 e. The Kier molecular flexibility index (Phi) is 17.7. The number of nitrogens with two attached hydrogens (primary N) is 1. The van der Waals surface area contributed by atoms with Gasteiger partial charge in [0, 0.05) is 38.8 Å². The number of rotatable bonds is 7. The van der Waals surface area contributed by atoms with Crippen molar-refractivity contribution >= 4 is 43.1 Å². The molecule has 5 nitrogen and oxygen atoms in total. The highest BCUT2D eigenvalue weighted by Gasteiger charge is 2.23. The third-order valence-corrected chi connectivity index (χ3v) is 4.61. The van der Waals surface area contributed by atoms with Gasteiger partial charge in [-0.2, -0.15) is 0 Å². The van der Waals surface area contributed by atoms with E-state index in [0.717, 1.165) is 39.1 Å². The van der Waals surface area contributed by atoms with Crippen LogP contribution in [0.4, 0.5) is 0 Å². The summed E-state index contributed by atoms with van der Waals surface area (Å²) in [6, 6.07) is -0.00812. The first-order chi connectivity index (χ1) is 9.49. The largest absolute Gasteiger partial charge is 0.353 e. The van der Waals surface area contributed by atoms with Crippen LogP contribution in [0.1, 0.15) is 34.1 Å². The molecule has 1 amide bonds. The first-order valence-electron chi connectivity index (χ1n) is 7.99. The average Bonchev–Trinajstić information content (AvgIpc) is 2.50. The number of likely N-dealkylation sites (N-methyl/N-ethyl adjacent to an activating group) is 1. The third-order valence-electron chi connectivity index (χ3n) is 4.61. The molecular formula is C15H35Cl3N4O. The number of carbonyl (C=O) groups excluding carboxylic acids is 1. The van der Waals surface area contributed by atoms with Crippen molar-refractivity contribution < 1.29 is 4.79 Å². The van der Waals surface area contributed by atoms with Crippen molar-refractivity contribution in [1.82, 2.24) is 15.1 Å². The number of piperazine rings is 1. The molecule has 1 aliphatic rings. The molecule has 0 aromatic rings. The number of hydrogen-bond donors (Lipinski definition) is 2. The molecule has 1 fully saturated rings. The summed E-state index contributed by atoms with van der Waals surface area (Å²) in [5, 5.41) is 3.00. The van der Waals surface area contributed by atoms with E-state index in [1.807, 2.05) is 6.92 Å². The van der Waals surface area contributed by atoms with Crippen molar-refractivity contribution in [2.75, 3.05) is 39.3 Å². The Morgan fingerprint density at radius 2 is 1.61 bits per heavy atom. The Labute approximate surface area is 160 Å². The summed E-state index contributed by atoms with van der Waals surface area (Å²) in [6.07, 6.45) is 0.934. The zero-order chi connectivity index (χ0) is 15.1. The van der Waals surface area contributed by atoms with E-state index in [0.29, 0.717) is 12.6 Å². The van der Waals surface area contributed by atoms with E-state index in [1.54, 1.807) is 0 Å².